The number of hydrogen-bond donors (Lipinski definition) is 1. The molecule has 0 rings (SSSR count). The molecule has 12 heavy (non-hydrogen) atoms. The van der Waals surface area contributed by atoms with E-state index in [1.165, 1.54) is 7.11 Å². The number of hydrogen-bond acceptors (Lipinski definition) is 4. The molecule has 0 radical (unpaired) electrons. The minimum atomic E-state index is -0.566. The van der Waals surface area contributed by atoms with E-state index in [0.717, 1.165) is 0 Å². The van der Waals surface area contributed by atoms with Crippen LogP contribution in [0.5, 0.6) is 0 Å². The molecule has 0 aromatic heterocycles. The zero-order chi connectivity index (χ0) is 9.56. The van der Waals surface area contributed by atoms with Crippen LogP contribution < -0.4 is 5.73 Å². The minimum Gasteiger partial charge on any atom is -0.469 e. The van der Waals surface area contributed by atoms with Crippen molar-refractivity contribution in [2.75, 3.05) is 12.4 Å². The van der Waals surface area contributed by atoms with Gasteiger partial charge in [-0.1, -0.05) is 15.9 Å². The molecule has 0 saturated heterocycles. The van der Waals surface area contributed by atoms with Crippen molar-refractivity contribution in [3.8, 4) is 0 Å². The third-order valence-electron chi connectivity index (χ3n) is 1.43. The molecule has 2 N–H and O–H groups in total. The lowest BCUT2D eigenvalue weighted by Gasteiger charge is -2.06. The highest BCUT2D eigenvalue weighted by Crippen LogP contribution is 1.99. The lowest BCUT2D eigenvalue weighted by Crippen LogP contribution is -2.31. The standard InChI is InChI=1S/C7H12BrNO3/c1-12-7(11)3-2-5(9)6(10)4-8/h5H,2-4,9H2,1H3/t5-/m0/s1. The Morgan fingerprint density at radius 3 is 2.58 bits per heavy atom. The summed E-state index contributed by atoms with van der Waals surface area (Å²) in [5.41, 5.74) is 5.44. The molecule has 0 aliphatic heterocycles. The molecule has 0 aliphatic carbocycles. The Hall–Kier alpha value is -0.420. The van der Waals surface area contributed by atoms with Crippen LogP contribution in [0.4, 0.5) is 0 Å². The topological polar surface area (TPSA) is 69.4 Å². The van der Waals surface area contributed by atoms with Crippen molar-refractivity contribution in [2.24, 2.45) is 5.73 Å². The van der Waals surface area contributed by atoms with Gasteiger partial charge in [-0.05, 0) is 6.42 Å². The van der Waals surface area contributed by atoms with E-state index in [9.17, 15) is 9.59 Å². The molecule has 0 spiro atoms. The number of alkyl halides is 1. The molecular formula is C7H12BrNO3. The predicted molar refractivity (Wildman–Crippen MR) is 48.0 cm³/mol. The Balaban J connectivity index is 3.63. The molecule has 0 aromatic carbocycles. The molecule has 0 aliphatic rings. The molecule has 0 heterocycles. The summed E-state index contributed by atoms with van der Waals surface area (Å²) in [4.78, 5) is 21.5. The lowest BCUT2D eigenvalue weighted by atomic mass is 10.1. The second-order valence-corrected chi connectivity index (χ2v) is 2.88. The first-order valence-electron chi connectivity index (χ1n) is 3.53. The molecular weight excluding hydrogens is 226 g/mol. The molecule has 0 saturated carbocycles. The summed E-state index contributed by atoms with van der Waals surface area (Å²) < 4.78 is 4.40. The second kappa shape index (κ2) is 6.14. The number of esters is 1. The van der Waals surface area contributed by atoms with Crippen molar-refractivity contribution in [1.82, 2.24) is 0 Å². The van der Waals surface area contributed by atoms with E-state index in [-0.39, 0.29) is 23.5 Å². The number of ether oxygens (including phenoxy) is 1. The smallest absolute Gasteiger partial charge is 0.305 e. The van der Waals surface area contributed by atoms with Crippen LogP contribution in [0.1, 0.15) is 12.8 Å². The average molecular weight is 238 g/mol. The summed E-state index contributed by atoms with van der Waals surface area (Å²) >= 11 is 2.99. The number of carbonyl (C=O) groups excluding carboxylic acids is 2. The van der Waals surface area contributed by atoms with E-state index in [1.807, 2.05) is 0 Å². The van der Waals surface area contributed by atoms with Crippen LogP contribution in [0.3, 0.4) is 0 Å². The normalized spacial score (nSPS) is 12.2. The first-order valence-corrected chi connectivity index (χ1v) is 4.65. The van der Waals surface area contributed by atoms with E-state index in [0.29, 0.717) is 6.42 Å². The van der Waals surface area contributed by atoms with Crippen molar-refractivity contribution >= 4 is 27.7 Å². The van der Waals surface area contributed by atoms with Gasteiger partial charge in [-0.3, -0.25) is 9.59 Å². The summed E-state index contributed by atoms with van der Waals surface area (Å²) in [6, 6.07) is -0.566. The van der Waals surface area contributed by atoms with Gasteiger partial charge in [0.15, 0.2) is 5.78 Å². The molecule has 0 aromatic rings. The van der Waals surface area contributed by atoms with Crippen LogP contribution in [-0.2, 0) is 14.3 Å². The summed E-state index contributed by atoms with van der Waals surface area (Å²) in [7, 11) is 1.31. The van der Waals surface area contributed by atoms with Crippen LogP contribution in [0.25, 0.3) is 0 Å². The van der Waals surface area contributed by atoms with E-state index in [4.69, 9.17) is 5.73 Å². The van der Waals surface area contributed by atoms with Crippen molar-refractivity contribution in [1.29, 1.82) is 0 Å². The SMILES string of the molecule is COC(=O)CC[C@H](N)C(=O)CBr. The highest BCUT2D eigenvalue weighted by atomic mass is 79.9. The monoisotopic (exact) mass is 237 g/mol. The van der Waals surface area contributed by atoms with Gasteiger partial charge in [-0.25, -0.2) is 0 Å². The predicted octanol–water partition coefficient (Wildman–Crippen LogP) is 0.231. The van der Waals surface area contributed by atoms with E-state index in [1.54, 1.807) is 0 Å². The number of rotatable bonds is 5. The van der Waals surface area contributed by atoms with Gasteiger partial charge in [-0.15, -0.1) is 0 Å². The van der Waals surface area contributed by atoms with Gasteiger partial charge in [0.05, 0.1) is 18.5 Å². The van der Waals surface area contributed by atoms with Crippen LogP contribution in [0.2, 0.25) is 0 Å². The molecule has 0 bridgehead atoms. The van der Waals surface area contributed by atoms with Crippen molar-refractivity contribution in [3.05, 3.63) is 0 Å². The fourth-order valence-corrected chi connectivity index (χ4v) is 1.05. The zero-order valence-corrected chi connectivity index (χ0v) is 8.46. The fraction of sp³-hybridized carbons (Fsp3) is 0.714. The number of carbonyl (C=O) groups is 2. The first-order chi connectivity index (χ1) is 5.61. The van der Waals surface area contributed by atoms with Gasteiger partial charge in [0.25, 0.3) is 0 Å². The van der Waals surface area contributed by atoms with Crippen molar-refractivity contribution in [2.45, 2.75) is 18.9 Å². The maximum absolute atomic E-state index is 10.9. The fourth-order valence-electron chi connectivity index (χ4n) is 0.636. The lowest BCUT2D eigenvalue weighted by molar-refractivity contribution is -0.140. The molecule has 4 nitrogen and oxygen atoms in total. The third-order valence-corrected chi connectivity index (χ3v) is 1.99. The first kappa shape index (κ1) is 11.6. The third kappa shape index (κ3) is 4.46. The van der Waals surface area contributed by atoms with E-state index in [2.05, 4.69) is 20.7 Å². The maximum atomic E-state index is 10.9. The Morgan fingerprint density at radius 2 is 2.17 bits per heavy atom. The van der Waals surface area contributed by atoms with Crippen molar-refractivity contribution < 1.29 is 14.3 Å². The molecule has 0 fully saturated rings. The summed E-state index contributed by atoms with van der Waals surface area (Å²) in [6.45, 7) is 0. The van der Waals surface area contributed by atoms with E-state index < -0.39 is 6.04 Å². The molecule has 1 atom stereocenters. The quantitative estimate of drug-likeness (QED) is 0.549. The number of methoxy groups -OCH3 is 1. The number of nitrogens with two attached hydrogens (primary N) is 1. The van der Waals surface area contributed by atoms with Gasteiger partial charge in [0.2, 0.25) is 0 Å². The molecule has 0 unspecified atom stereocenters. The highest BCUT2D eigenvalue weighted by molar-refractivity contribution is 9.09. The summed E-state index contributed by atoms with van der Waals surface area (Å²) in [6.07, 6.45) is 0.535. The van der Waals surface area contributed by atoms with Crippen LogP contribution in [0, 0.1) is 0 Å². The van der Waals surface area contributed by atoms with Gasteiger partial charge >= 0.3 is 5.97 Å². The van der Waals surface area contributed by atoms with Crippen molar-refractivity contribution in [3.63, 3.8) is 0 Å². The van der Waals surface area contributed by atoms with Crippen LogP contribution >= 0.6 is 15.9 Å². The molecule has 0 amide bonds. The molecule has 70 valence electrons. The van der Waals surface area contributed by atoms with Gasteiger partial charge in [0, 0.05) is 6.42 Å². The Kier molecular flexibility index (Phi) is 5.92. The Bertz CT molecular complexity index is 172. The van der Waals surface area contributed by atoms with Gasteiger partial charge in [-0.2, -0.15) is 0 Å². The number of Topliss-reactive ketones (excluding diaryl/α,β-unsaturated/α-hetero) is 1. The Morgan fingerprint density at radius 1 is 1.58 bits per heavy atom. The number of halogens is 1. The summed E-state index contributed by atoms with van der Waals surface area (Å²) in [5.74, 6) is -0.438. The average Bonchev–Trinajstić information content (AvgIpc) is 2.11. The highest BCUT2D eigenvalue weighted by Gasteiger charge is 2.13. The molecule has 5 heteroatoms. The summed E-state index contributed by atoms with van der Waals surface area (Å²) in [5, 5.41) is 0.231. The van der Waals surface area contributed by atoms with Crippen LogP contribution in [-0.4, -0.2) is 30.2 Å². The van der Waals surface area contributed by atoms with E-state index >= 15 is 0 Å². The maximum Gasteiger partial charge on any atom is 0.305 e. The zero-order valence-electron chi connectivity index (χ0n) is 6.88. The number of ketones is 1. The Labute approximate surface area is 79.6 Å². The minimum absolute atomic E-state index is 0.0982. The van der Waals surface area contributed by atoms with Gasteiger partial charge < -0.3 is 10.5 Å². The van der Waals surface area contributed by atoms with Crippen LogP contribution in [0.15, 0.2) is 0 Å². The van der Waals surface area contributed by atoms with Gasteiger partial charge in [0.1, 0.15) is 0 Å². The largest absolute Gasteiger partial charge is 0.469 e. The second-order valence-electron chi connectivity index (χ2n) is 2.32.